The number of nitrogens with two attached hydrogens (primary N) is 1. The van der Waals surface area contributed by atoms with Crippen molar-refractivity contribution in [1.29, 1.82) is 0 Å². The van der Waals surface area contributed by atoms with Gasteiger partial charge in [-0.1, -0.05) is 5.10 Å². The maximum absolute atomic E-state index is 8.97. The molecule has 1 aliphatic carbocycles. The van der Waals surface area contributed by atoms with E-state index >= 15 is 0 Å². The van der Waals surface area contributed by atoms with Crippen LogP contribution in [0.4, 0.5) is 6.01 Å². The van der Waals surface area contributed by atoms with E-state index in [0.717, 1.165) is 12.8 Å². The molecule has 15 heavy (non-hydrogen) atoms. The lowest BCUT2D eigenvalue weighted by molar-refractivity contribution is 0.275. The Balaban J connectivity index is 2.08. The van der Waals surface area contributed by atoms with Crippen LogP contribution >= 0.6 is 0 Å². The van der Waals surface area contributed by atoms with Crippen LogP contribution in [0.15, 0.2) is 4.42 Å². The van der Waals surface area contributed by atoms with Gasteiger partial charge in [0.25, 0.3) is 0 Å². The van der Waals surface area contributed by atoms with Crippen LogP contribution in [-0.4, -0.2) is 34.5 Å². The molecule has 0 radical (unpaired) electrons. The van der Waals surface area contributed by atoms with E-state index in [0.29, 0.717) is 24.5 Å². The van der Waals surface area contributed by atoms with E-state index in [2.05, 4.69) is 10.2 Å². The molecule has 0 saturated heterocycles. The normalized spacial score (nSPS) is 16.4. The van der Waals surface area contributed by atoms with Gasteiger partial charge in [-0.25, -0.2) is 0 Å². The summed E-state index contributed by atoms with van der Waals surface area (Å²) in [5, 5.41) is 16.7. The quantitative estimate of drug-likeness (QED) is 0.707. The van der Waals surface area contributed by atoms with Gasteiger partial charge in [0.1, 0.15) is 0 Å². The lowest BCUT2D eigenvalue weighted by Gasteiger charge is -2.35. The third kappa shape index (κ3) is 2.10. The van der Waals surface area contributed by atoms with Crippen molar-refractivity contribution in [2.45, 2.75) is 31.8 Å². The zero-order valence-electron chi connectivity index (χ0n) is 8.59. The molecule has 2 rings (SSSR count). The van der Waals surface area contributed by atoms with E-state index in [4.69, 9.17) is 15.3 Å². The number of anilines is 1. The second-order valence-corrected chi connectivity index (χ2v) is 3.68. The summed E-state index contributed by atoms with van der Waals surface area (Å²) in [6.45, 7) is 0.887. The van der Waals surface area contributed by atoms with Crippen LogP contribution in [0, 0.1) is 0 Å². The molecule has 0 aromatic carbocycles. The van der Waals surface area contributed by atoms with Gasteiger partial charge >= 0.3 is 6.01 Å². The third-order valence-corrected chi connectivity index (χ3v) is 2.73. The molecule has 0 amide bonds. The highest BCUT2D eigenvalue weighted by Gasteiger charge is 2.28. The van der Waals surface area contributed by atoms with Crippen molar-refractivity contribution in [3.63, 3.8) is 0 Å². The summed E-state index contributed by atoms with van der Waals surface area (Å²) in [6, 6.07) is 0.914. The fourth-order valence-corrected chi connectivity index (χ4v) is 1.68. The molecule has 1 aromatic rings. The monoisotopic (exact) mass is 212 g/mol. The van der Waals surface area contributed by atoms with Crippen LogP contribution in [-0.2, 0) is 6.54 Å². The van der Waals surface area contributed by atoms with Gasteiger partial charge in [0, 0.05) is 12.6 Å². The summed E-state index contributed by atoms with van der Waals surface area (Å²) in [7, 11) is 0. The van der Waals surface area contributed by atoms with E-state index in [9.17, 15) is 0 Å². The van der Waals surface area contributed by atoms with Crippen molar-refractivity contribution in [3.8, 4) is 0 Å². The minimum Gasteiger partial charge on any atom is -0.407 e. The molecule has 0 bridgehead atoms. The molecule has 6 heteroatoms. The van der Waals surface area contributed by atoms with E-state index in [1.54, 1.807) is 0 Å². The molecule has 84 valence electrons. The van der Waals surface area contributed by atoms with Crippen molar-refractivity contribution >= 4 is 6.01 Å². The Kier molecular flexibility index (Phi) is 3.17. The largest absolute Gasteiger partial charge is 0.407 e. The Bertz CT molecular complexity index is 311. The van der Waals surface area contributed by atoms with E-state index in [-0.39, 0.29) is 13.2 Å². The average Bonchev–Trinajstić information content (AvgIpc) is 2.62. The van der Waals surface area contributed by atoms with E-state index in [1.807, 2.05) is 4.90 Å². The summed E-state index contributed by atoms with van der Waals surface area (Å²) < 4.78 is 5.37. The lowest BCUT2D eigenvalue weighted by atomic mass is 9.92. The number of hydrogen-bond donors (Lipinski definition) is 2. The fraction of sp³-hybridized carbons (Fsp3) is 0.778. The van der Waals surface area contributed by atoms with Crippen molar-refractivity contribution in [1.82, 2.24) is 10.2 Å². The molecule has 1 aliphatic rings. The first-order valence-corrected chi connectivity index (χ1v) is 5.25. The second-order valence-electron chi connectivity index (χ2n) is 3.68. The van der Waals surface area contributed by atoms with Crippen molar-refractivity contribution < 1.29 is 9.52 Å². The smallest absolute Gasteiger partial charge is 0.318 e. The Hall–Kier alpha value is -1.14. The molecule has 0 spiro atoms. The minimum atomic E-state index is 0.0941. The van der Waals surface area contributed by atoms with E-state index < -0.39 is 0 Å². The number of nitrogens with zero attached hydrogens (tertiary/aromatic N) is 3. The lowest BCUT2D eigenvalue weighted by Crippen LogP contribution is -2.42. The number of aliphatic hydroxyl groups excluding tert-OH is 1. The topological polar surface area (TPSA) is 88.4 Å². The van der Waals surface area contributed by atoms with Crippen LogP contribution in [0.2, 0.25) is 0 Å². The summed E-state index contributed by atoms with van der Waals surface area (Å²) in [5.74, 6) is 0.437. The number of aromatic nitrogens is 2. The zero-order chi connectivity index (χ0) is 10.7. The predicted molar refractivity (Wildman–Crippen MR) is 54.3 cm³/mol. The molecular formula is C9H16N4O2. The predicted octanol–water partition coefficient (Wildman–Crippen LogP) is -0.121. The van der Waals surface area contributed by atoms with Crippen molar-refractivity contribution in [2.24, 2.45) is 5.73 Å². The number of hydrogen-bond acceptors (Lipinski definition) is 6. The van der Waals surface area contributed by atoms with E-state index in [1.165, 1.54) is 6.42 Å². The molecule has 0 aliphatic heterocycles. The SMILES string of the molecule is NCc1nnc(N(CCO)C2CCC2)o1. The maximum atomic E-state index is 8.97. The van der Waals surface area contributed by atoms with Gasteiger partial charge in [0.15, 0.2) is 0 Å². The molecule has 6 nitrogen and oxygen atoms in total. The molecule has 0 atom stereocenters. The third-order valence-electron chi connectivity index (χ3n) is 2.73. The maximum Gasteiger partial charge on any atom is 0.318 e. The van der Waals surface area contributed by atoms with Gasteiger partial charge < -0.3 is 20.2 Å². The van der Waals surface area contributed by atoms with Crippen LogP contribution in [0.25, 0.3) is 0 Å². The Labute approximate surface area is 88.1 Å². The minimum absolute atomic E-state index is 0.0941. The fourth-order valence-electron chi connectivity index (χ4n) is 1.68. The summed E-state index contributed by atoms with van der Waals surface area (Å²) in [6.07, 6.45) is 3.48. The molecule has 1 fully saturated rings. The van der Waals surface area contributed by atoms with Gasteiger partial charge in [0.2, 0.25) is 5.89 Å². The van der Waals surface area contributed by atoms with Gasteiger partial charge in [-0.05, 0) is 19.3 Å². The highest BCUT2D eigenvalue weighted by Crippen LogP contribution is 2.28. The van der Waals surface area contributed by atoms with Crippen molar-refractivity contribution in [3.05, 3.63) is 5.89 Å². The van der Waals surface area contributed by atoms with Crippen LogP contribution in [0.3, 0.4) is 0 Å². The van der Waals surface area contributed by atoms with Crippen LogP contribution in [0.1, 0.15) is 25.2 Å². The molecule has 3 N–H and O–H groups in total. The summed E-state index contributed by atoms with van der Waals surface area (Å²) in [4.78, 5) is 1.97. The highest BCUT2D eigenvalue weighted by atomic mass is 16.4. The average molecular weight is 212 g/mol. The first kappa shape index (κ1) is 10.4. The Morgan fingerprint density at radius 1 is 1.47 bits per heavy atom. The van der Waals surface area contributed by atoms with Gasteiger partial charge in [0.05, 0.1) is 13.2 Å². The highest BCUT2D eigenvalue weighted by molar-refractivity contribution is 5.27. The van der Waals surface area contributed by atoms with Gasteiger partial charge in [-0.2, -0.15) is 0 Å². The Morgan fingerprint density at radius 3 is 2.73 bits per heavy atom. The van der Waals surface area contributed by atoms with Crippen molar-refractivity contribution in [2.75, 3.05) is 18.1 Å². The van der Waals surface area contributed by atoms with Gasteiger partial charge in [-0.3, -0.25) is 0 Å². The molecular weight excluding hydrogens is 196 g/mol. The molecule has 1 aromatic heterocycles. The Morgan fingerprint density at radius 2 is 2.27 bits per heavy atom. The standard InChI is InChI=1S/C9H16N4O2/c10-6-8-11-12-9(15-8)13(4-5-14)7-2-1-3-7/h7,14H,1-6,10H2. The van der Waals surface area contributed by atoms with Crippen LogP contribution in [0.5, 0.6) is 0 Å². The number of aliphatic hydroxyl groups is 1. The molecule has 0 unspecified atom stereocenters. The summed E-state index contributed by atoms with van der Waals surface area (Å²) >= 11 is 0. The number of rotatable bonds is 5. The zero-order valence-corrected chi connectivity index (χ0v) is 8.59. The van der Waals surface area contributed by atoms with Crippen LogP contribution < -0.4 is 10.6 Å². The molecule has 1 saturated carbocycles. The summed E-state index contributed by atoms with van der Waals surface area (Å²) in [5.41, 5.74) is 5.40. The second kappa shape index (κ2) is 4.59. The molecule has 1 heterocycles. The first-order chi connectivity index (χ1) is 7.35. The first-order valence-electron chi connectivity index (χ1n) is 5.25. The van der Waals surface area contributed by atoms with Gasteiger partial charge in [-0.15, -0.1) is 5.10 Å².